The summed E-state index contributed by atoms with van der Waals surface area (Å²) in [5.41, 5.74) is 0.857. The van der Waals surface area contributed by atoms with Crippen LogP contribution < -0.4 is 4.74 Å². The summed E-state index contributed by atoms with van der Waals surface area (Å²) in [7, 11) is 0. The van der Waals surface area contributed by atoms with Gasteiger partial charge in [0, 0.05) is 0 Å². The predicted octanol–water partition coefficient (Wildman–Crippen LogP) is 4.00. The van der Waals surface area contributed by atoms with Crippen molar-refractivity contribution in [2.24, 2.45) is 0 Å². The second kappa shape index (κ2) is 7.55. The average molecular weight is 242 g/mol. The maximum absolute atomic E-state index is 12.8. The summed E-state index contributed by atoms with van der Waals surface area (Å²) in [5.74, 6) is 1.53. The number of aryl methyl sites for hydroxylation is 1. The second-order valence-electron chi connectivity index (χ2n) is 3.90. The molecule has 0 aliphatic carbocycles. The number of hydrogen-bond acceptors (Lipinski definition) is 2. The smallest absolute Gasteiger partial charge is 0.123 e. The van der Waals surface area contributed by atoms with Gasteiger partial charge in [-0.2, -0.15) is 12.6 Å². The Bertz CT molecular complexity index is 315. The Morgan fingerprint density at radius 1 is 1.19 bits per heavy atom. The average Bonchev–Trinajstić information content (AvgIpc) is 2.26. The maximum Gasteiger partial charge on any atom is 0.123 e. The molecule has 0 saturated carbocycles. The minimum atomic E-state index is -0.210. The molecule has 0 aliphatic heterocycles. The topological polar surface area (TPSA) is 9.23 Å². The zero-order valence-corrected chi connectivity index (χ0v) is 10.6. The molecule has 0 atom stereocenters. The molecule has 0 fully saturated rings. The third-order valence-electron chi connectivity index (χ3n) is 2.45. The molecule has 1 aromatic rings. The molecule has 0 spiro atoms. The predicted molar refractivity (Wildman–Crippen MR) is 69.0 cm³/mol. The lowest BCUT2D eigenvalue weighted by Gasteiger charge is -2.08. The van der Waals surface area contributed by atoms with Crippen molar-refractivity contribution < 1.29 is 9.13 Å². The van der Waals surface area contributed by atoms with Crippen molar-refractivity contribution in [3.05, 3.63) is 29.6 Å². The Hall–Kier alpha value is -0.700. The lowest BCUT2D eigenvalue weighted by molar-refractivity contribution is 0.302. The van der Waals surface area contributed by atoms with Crippen LogP contribution in [-0.2, 0) is 0 Å². The minimum absolute atomic E-state index is 0.210. The van der Waals surface area contributed by atoms with E-state index in [-0.39, 0.29) is 5.82 Å². The Kier molecular flexibility index (Phi) is 6.31. The zero-order chi connectivity index (χ0) is 11.8. The van der Waals surface area contributed by atoms with Gasteiger partial charge in [0.25, 0.3) is 0 Å². The van der Waals surface area contributed by atoms with Crippen molar-refractivity contribution in [3.8, 4) is 5.75 Å². The number of benzene rings is 1. The summed E-state index contributed by atoms with van der Waals surface area (Å²) in [6.07, 6.45) is 4.58. The fourth-order valence-corrected chi connectivity index (χ4v) is 1.75. The first-order valence-corrected chi connectivity index (χ1v) is 6.37. The summed E-state index contributed by atoms with van der Waals surface area (Å²) in [6.45, 7) is 2.57. The van der Waals surface area contributed by atoms with Gasteiger partial charge in [-0.15, -0.1) is 0 Å². The van der Waals surface area contributed by atoms with Gasteiger partial charge in [0.2, 0.25) is 0 Å². The molecular formula is C13H19FOS. The van der Waals surface area contributed by atoms with E-state index in [9.17, 15) is 4.39 Å². The zero-order valence-electron chi connectivity index (χ0n) is 9.71. The fraction of sp³-hybridized carbons (Fsp3) is 0.538. The van der Waals surface area contributed by atoms with Crippen molar-refractivity contribution in [3.63, 3.8) is 0 Å². The molecular weight excluding hydrogens is 223 g/mol. The summed E-state index contributed by atoms with van der Waals surface area (Å²) in [5, 5.41) is 0. The Labute approximate surface area is 102 Å². The van der Waals surface area contributed by atoms with Crippen molar-refractivity contribution in [2.45, 2.75) is 32.6 Å². The molecule has 0 amide bonds. The summed E-state index contributed by atoms with van der Waals surface area (Å²) in [6, 6.07) is 4.62. The van der Waals surface area contributed by atoms with E-state index in [4.69, 9.17) is 4.74 Å². The monoisotopic (exact) mass is 242 g/mol. The SMILES string of the molecule is Cc1cc(F)ccc1OCCCCCCS. The highest BCUT2D eigenvalue weighted by atomic mass is 32.1. The van der Waals surface area contributed by atoms with E-state index in [1.165, 1.54) is 31.4 Å². The highest BCUT2D eigenvalue weighted by Gasteiger charge is 2.00. The molecule has 0 radical (unpaired) electrons. The number of unbranched alkanes of at least 4 members (excludes halogenated alkanes) is 3. The lowest BCUT2D eigenvalue weighted by Crippen LogP contribution is -1.99. The first-order chi connectivity index (χ1) is 7.74. The van der Waals surface area contributed by atoms with Crippen molar-refractivity contribution in [1.29, 1.82) is 0 Å². The molecule has 3 heteroatoms. The Morgan fingerprint density at radius 3 is 2.62 bits per heavy atom. The standard InChI is InChI=1S/C13H19FOS/c1-11-10-12(14)6-7-13(11)15-8-4-2-3-5-9-16/h6-7,10,16H,2-5,8-9H2,1H3. The van der Waals surface area contributed by atoms with Crippen LogP contribution in [0.1, 0.15) is 31.2 Å². The molecule has 0 bridgehead atoms. The van der Waals surface area contributed by atoms with Gasteiger partial charge < -0.3 is 4.74 Å². The Balaban J connectivity index is 2.21. The molecule has 0 N–H and O–H groups in total. The molecule has 1 rings (SSSR count). The van der Waals surface area contributed by atoms with Gasteiger partial charge in [0.05, 0.1) is 6.61 Å². The largest absolute Gasteiger partial charge is 0.493 e. The van der Waals surface area contributed by atoms with Gasteiger partial charge in [-0.3, -0.25) is 0 Å². The quantitative estimate of drug-likeness (QED) is 0.561. The first-order valence-electron chi connectivity index (χ1n) is 5.74. The van der Waals surface area contributed by atoms with Crippen LogP contribution in [0.25, 0.3) is 0 Å². The molecule has 0 unspecified atom stereocenters. The Morgan fingerprint density at radius 2 is 1.94 bits per heavy atom. The highest BCUT2D eigenvalue weighted by Crippen LogP contribution is 2.18. The lowest BCUT2D eigenvalue weighted by atomic mass is 10.2. The third-order valence-corrected chi connectivity index (χ3v) is 2.76. The normalized spacial score (nSPS) is 10.4. The fourth-order valence-electron chi connectivity index (χ4n) is 1.52. The van der Waals surface area contributed by atoms with Gasteiger partial charge in [-0.25, -0.2) is 4.39 Å². The van der Waals surface area contributed by atoms with Crippen LogP contribution in [0.2, 0.25) is 0 Å². The van der Waals surface area contributed by atoms with Gasteiger partial charge in [0.15, 0.2) is 0 Å². The van der Waals surface area contributed by atoms with Gasteiger partial charge in [-0.1, -0.05) is 12.8 Å². The molecule has 1 nitrogen and oxygen atoms in total. The van der Waals surface area contributed by atoms with Crippen molar-refractivity contribution in [1.82, 2.24) is 0 Å². The molecule has 0 aliphatic rings. The van der Waals surface area contributed by atoms with Crippen LogP contribution in [-0.4, -0.2) is 12.4 Å². The van der Waals surface area contributed by atoms with E-state index in [0.29, 0.717) is 6.61 Å². The molecule has 0 saturated heterocycles. The van der Waals surface area contributed by atoms with Crippen LogP contribution in [0.15, 0.2) is 18.2 Å². The van der Waals surface area contributed by atoms with E-state index in [2.05, 4.69) is 12.6 Å². The van der Waals surface area contributed by atoms with E-state index >= 15 is 0 Å². The molecule has 0 heterocycles. The van der Waals surface area contributed by atoms with E-state index < -0.39 is 0 Å². The number of halogens is 1. The highest BCUT2D eigenvalue weighted by molar-refractivity contribution is 7.80. The molecule has 0 aromatic heterocycles. The van der Waals surface area contributed by atoms with Gasteiger partial charge >= 0.3 is 0 Å². The summed E-state index contributed by atoms with van der Waals surface area (Å²) >= 11 is 4.16. The number of hydrogen-bond donors (Lipinski definition) is 1. The van der Waals surface area contributed by atoms with Crippen LogP contribution in [0, 0.1) is 12.7 Å². The minimum Gasteiger partial charge on any atom is -0.493 e. The van der Waals surface area contributed by atoms with Crippen molar-refractivity contribution >= 4 is 12.6 Å². The maximum atomic E-state index is 12.8. The number of ether oxygens (including phenoxy) is 1. The second-order valence-corrected chi connectivity index (χ2v) is 4.34. The van der Waals surface area contributed by atoms with E-state index in [1.54, 1.807) is 6.07 Å². The molecule has 16 heavy (non-hydrogen) atoms. The number of thiol groups is 1. The van der Waals surface area contributed by atoms with Gasteiger partial charge in [0.1, 0.15) is 11.6 Å². The van der Waals surface area contributed by atoms with E-state index in [1.807, 2.05) is 6.92 Å². The van der Waals surface area contributed by atoms with Crippen LogP contribution in [0.5, 0.6) is 5.75 Å². The van der Waals surface area contributed by atoms with Gasteiger partial charge in [-0.05, 0) is 49.3 Å². The van der Waals surface area contributed by atoms with Crippen LogP contribution in [0.3, 0.4) is 0 Å². The van der Waals surface area contributed by atoms with Crippen molar-refractivity contribution in [2.75, 3.05) is 12.4 Å². The molecule has 90 valence electrons. The van der Waals surface area contributed by atoms with Crippen LogP contribution in [0.4, 0.5) is 4.39 Å². The number of rotatable bonds is 7. The first kappa shape index (κ1) is 13.4. The molecule has 1 aromatic carbocycles. The summed E-state index contributed by atoms with van der Waals surface area (Å²) in [4.78, 5) is 0. The van der Waals surface area contributed by atoms with E-state index in [0.717, 1.165) is 23.5 Å². The third kappa shape index (κ3) is 4.88. The summed E-state index contributed by atoms with van der Waals surface area (Å²) < 4.78 is 18.4. The van der Waals surface area contributed by atoms with Crippen LogP contribution >= 0.6 is 12.6 Å².